The van der Waals surface area contributed by atoms with Crippen molar-refractivity contribution in [2.45, 2.75) is 44.9 Å². The molecule has 7 nitrogen and oxygen atoms in total. The summed E-state index contributed by atoms with van der Waals surface area (Å²) in [5, 5.41) is 4.96. The SMILES string of the molecule is O=C(Cc1noc2ccccc12)N1CCC2(CCCCc3ccccc3OCCOC2=O)CC1. The summed E-state index contributed by atoms with van der Waals surface area (Å²) in [4.78, 5) is 28.0. The minimum absolute atomic E-state index is 0.0143. The second-order valence-electron chi connectivity index (χ2n) is 9.26. The molecule has 0 radical (unpaired) electrons. The number of rotatable bonds is 2. The van der Waals surface area contributed by atoms with Crippen LogP contribution in [0.2, 0.25) is 0 Å². The van der Waals surface area contributed by atoms with E-state index in [1.54, 1.807) is 0 Å². The Kier molecular flexibility index (Phi) is 6.52. The van der Waals surface area contributed by atoms with E-state index >= 15 is 0 Å². The van der Waals surface area contributed by atoms with Crippen molar-refractivity contribution in [1.29, 1.82) is 0 Å². The molecule has 0 atom stereocenters. The fourth-order valence-corrected chi connectivity index (χ4v) is 5.13. The third kappa shape index (κ3) is 4.65. The number of aromatic nitrogens is 1. The van der Waals surface area contributed by atoms with Gasteiger partial charge < -0.3 is 18.9 Å². The highest BCUT2D eigenvalue weighted by Crippen LogP contribution is 2.39. The molecule has 1 fully saturated rings. The maximum absolute atomic E-state index is 13.1. The standard InChI is InChI=1S/C27H30N2O5/c30-25(19-22-21-9-2-4-11-24(21)34-28-22)29-15-13-27(14-16-29)12-6-5-8-20-7-1-3-10-23(20)32-17-18-33-26(27)31/h1-4,7,9-11H,5-6,8,12-19H2. The van der Waals surface area contributed by atoms with Gasteiger partial charge in [-0.15, -0.1) is 0 Å². The molecule has 0 N–H and O–H groups in total. The highest BCUT2D eigenvalue weighted by Gasteiger charge is 2.43. The van der Waals surface area contributed by atoms with Crippen molar-refractivity contribution in [3.63, 3.8) is 0 Å². The number of hydrogen-bond acceptors (Lipinski definition) is 6. The van der Waals surface area contributed by atoms with Gasteiger partial charge in [0, 0.05) is 18.5 Å². The Balaban J connectivity index is 1.22. The van der Waals surface area contributed by atoms with Crippen LogP contribution in [0.3, 0.4) is 0 Å². The second-order valence-corrected chi connectivity index (χ2v) is 9.26. The quantitative estimate of drug-likeness (QED) is 0.528. The number of esters is 1. The third-order valence-electron chi connectivity index (χ3n) is 7.18. The highest BCUT2D eigenvalue weighted by molar-refractivity contribution is 5.86. The Bertz CT molecular complexity index is 1160. The summed E-state index contributed by atoms with van der Waals surface area (Å²) in [6, 6.07) is 15.6. The molecule has 1 saturated heterocycles. The molecule has 3 heterocycles. The van der Waals surface area contributed by atoms with Crippen LogP contribution in [0.1, 0.15) is 43.4 Å². The molecule has 1 spiro atoms. The fourth-order valence-electron chi connectivity index (χ4n) is 5.13. The first-order chi connectivity index (χ1) is 16.6. The summed E-state index contributed by atoms with van der Waals surface area (Å²) in [6.07, 6.45) is 5.07. The summed E-state index contributed by atoms with van der Waals surface area (Å²) < 4.78 is 16.9. The molecule has 3 aromatic rings. The molecule has 2 aliphatic heterocycles. The maximum atomic E-state index is 13.1. The number of amides is 1. The summed E-state index contributed by atoms with van der Waals surface area (Å²) in [5.74, 6) is 0.737. The van der Waals surface area contributed by atoms with Crippen molar-refractivity contribution in [2.24, 2.45) is 5.41 Å². The van der Waals surface area contributed by atoms with E-state index in [1.807, 2.05) is 47.4 Å². The van der Waals surface area contributed by atoms with E-state index in [4.69, 9.17) is 14.0 Å². The summed E-state index contributed by atoms with van der Waals surface area (Å²) >= 11 is 0. The molecule has 7 heteroatoms. The minimum atomic E-state index is -0.532. The van der Waals surface area contributed by atoms with Crippen molar-refractivity contribution in [3.8, 4) is 5.75 Å². The first-order valence-corrected chi connectivity index (χ1v) is 12.1. The second kappa shape index (κ2) is 9.87. The molecule has 5 rings (SSSR count). The number of ether oxygens (including phenoxy) is 2. The van der Waals surface area contributed by atoms with E-state index in [-0.39, 0.29) is 24.9 Å². The van der Waals surface area contributed by atoms with Crippen LogP contribution < -0.4 is 4.74 Å². The molecule has 34 heavy (non-hydrogen) atoms. The molecule has 178 valence electrons. The van der Waals surface area contributed by atoms with E-state index < -0.39 is 5.41 Å². The number of hydrogen-bond donors (Lipinski definition) is 0. The number of cyclic esters (lactones) is 1. The van der Waals surface area contributed by atoms with Crippen LogP contribution in [-0.2, 0) is 27.2 Å². The largest absolute Gasteiger partial charge is 0.490 e. The van der Waals surface area contributed by atoms with E-state index in [9.17, 15) is 9.59 Å². The minimum Gasteiger partial charge on any atom is -0.490 e. The molecule has 1 aromatic heterocycles. The first kappa shape index (κ1) is 22.4. The lowest BCUT2D eigenvalue weighted by Gasteiger charge is -2.40. The number of piperidine rings is 1. The number of nitrogens with zero attached hydrogens (tertiary/aromatic N) is 2. The van der Waals surface area contributed by atoms with Gasteiger partial charge in [-0.2, -0.15) is 0 Å². The Hall–Kier alpha value is -3.35. The number of carbonyl (C=O) groups excluding carboxylic acids is 2. The van der Waals surface area contributed by atoms with Crippen molar-refractivity contribution in [3.05, 3.63) is 59.8 Å². The van der Waals surface area contributed by atoms with Crippen molar-refractivity contribution in [1.82, 2.24) is 10.1 Å². The zero-order valence-corrected chi connectivity index (χ0v) is 19.3. The first-order valence-electron chi connectivity index (χ1n) is 12.1. The van der Waals surface area contributed by atoms with Crippen molar-refractivity contribution >= 4 is 22.8 Å². The van der Waals surface area contributed by atoms with E-state index in [0.717, 1.165) is 36.8 Å². The maximum Gasteiger partial charge on any atom is 0.312 e. The molecule has 1 amide bonds. The number of aryl methyl sites for hydroxylation is 1. The monoisotopic (exact) mass is 462 g/mol. The number of carbonyl (C=O) groups is 2. The molecule has 0 bridgehead atoms. The third-order valence-corrected chi connectivity index (χ3v) is 7.18. The van der Waals surface area contributed by atoms with Gasteiger partial charge in [0.05, 0.1) is 11.8 Å². The number of para-hydroxylation sites is 2. The van der Waals surface area contributed by atoms with Gasteiger partial charge in [0.25, 0.3) is 0 Å². The number of benzene rings is 2. The van der Waals surface area contributed by atoms with E-state index in [2.05, 4.69) is 11.2 Å². The zero-order valence-electron chi connectivity index (χ0n) is 19.3. The predicted octanol–water partition coefficient (Wildman–Crippen LogP) is 4.33. The molecule has 0 aliphatic carbocycles. The van der Waals surface area contributed by atoms with Crippen LogP contribution in [0.25, 0.3) is 11.0 Å². The van der Waals surface area contributed by atoms with Crippen molar-refractivity contribution in [2.75, 3.05) is 26.3 Å². The van der Waals surface area contributed by atoms with E-state index in [1.165, 1.54) is 5.56 Å². The van der Waals surface area contributed by atoms with Crippen LogP contribution in [0.5, 0.6) is 5.75 Å². The Morgan fingerprint density at radius 1 is 0.941 bits per heavy atom. The Labute approximate surface area is 199 Å². The van der Waals surface area contributed by atoms with E-state index in [0.29, 0.717) is 43.8 Å². The van der Waals surface area contributed by atoms with Gasteiger partial charge in [0.1, 0.15) is 24.7 Å². The normalized spacial score (nSPS) is 18.9. The lowest BCUT2D eigenvalue weighted by Crippen LogP contribution is -2.47. The smallest absolute Gasteiger partial charge is 0.312 e. The highest BCUT2D eigenvalue weighted by atomic mass is 16.6. The van der Waals surface area contributed by atoms with Crippen LogP contribution in [-0.4, -0.2) is 48.2 Å². The molecule has 0 saturated carbocycles. The molecule has 0 unspecified atom stereocenters. The van der Waals surface area contributed by atoms with Gasteiger partial charge in [-0.1, -0.05) is 41.9 Å². The van der Waals surface area contributed by atoms with Gasteiger partial charge >= 0.3 is 5.97 Å². The van der Waals surface area contributed by atoms with Crippen LogP contribution in [0, 0.1) is 5.41 Å². The van der Waals surface area contributed by atoms with Gasteiger partial charge in [-0.05, 0) is 55.9 Å². The average Bonchev–Trinajstić information content (AvgIpc) is 3.27. The molecular formula is C27H30N2O5. The molecule has 2 aliphatic rings. The van der Waals surface area contributed by atoms with Gasteiger partial charge in [-0.25, -0.2) is 0 Å². The lowest BCUT2D eigenvalue weighted by molar-refractivity contribution is -0.162. The van der Waals surface area contributed by atoms with Crippen LogP contribution in [0.15, 0.2) is 53.1 Å². The fraction of sp³-hybridized carbons (Fsp3) is 0.444. The van der Waals surface area contributed by atoms with Crippen LogP contribution in [0.4, 0.5) is 0 Å². The lowest BCUT2D eigenvalue weighted by atomic mass is 9.74. The average molecular weight is 463 g/mol. The zero-order chi connectivity index (χ0) is 23.4. The van der Waals surface area contributed by atoms with Crippen LogP contribution >= 0.6 is 0 Å². The topological polar surface area (TPSA) is 81.9 Å². The predicted molar refractivity (Wildman–Crippen MR) is 126 cm³/mol. The summed E-state index contributed by atoms with van der Waals surface area (Å²) in [6.45, 7) is 1.66. The summed E-state index contributed by atoms with van der Waals surface area (Å²) in [7, 11) is 0. The molecular weight excluding hydrogens is 432 g/mol. The van der Waals surface area contributed by atoms with Gasteiger partial charge in [-0.3, -0.25) is 9.59 Å². The Morgan fingerprint density at radius 3 is 2.59 bits per heavy atom. The van der Waals surface area contributed by atoms with Crippen molar-refractivity contribution < 1.29 is 23.6 Å². The number of fused-ring (bicyclic) bond motifs is 2. The molecule has 2 aromatic carbocycles. The van der Waals surface area contributed by atoms with Gasteiger partial charge in [0.2, 0.25) is 5.91 Å². The van der Waals surface area contributed by atoms with Gasteiger partial charge in [0.15, 0.2) is 5.58 Å². The summed E-state index contributed by atoms with van der Waals surface area (Å²) in [5.41, 5.74) is 2.01. The Morgan fingerprint density at radius 2 is 1.71 bits per heavy atom. The number of likely N-dealkylation sites (tertiary alicyclic amines) is 1.